The Hall–Kier alpha value is -3.53. The minimum absolute atomic E-state index is 0.121. The number of carbonyl (C=O) groups is 1. The fourth-order valence-corrected chi connectivity index (χ4v) is 2.37. The lowest BCUT2D eigenvalue weighted by molar-refractivity contribution is -0.387. The van der Waals surface area contributed by atoms with E-state index in [-0.39, 0.29) is 21.7 Å². The van der Waals surface area contributed by atoms with Crippen LogP contribution in [0.15, 0.2) is 46.0 Å². The summed E-state index contributed by atoms with van der Waals surface area (Å²) in [6.45, 7) is 0. The number of aromatic amines is 1. The van der Waals surface area contributed by atoms with Gasteiger partial charge >= 0.3 is 16.9 Å². The van der Waals surface area contributed by atoms with Crippen LogP contribution >= 0.6 is 11.6 Å². The van der Waals surface area contributed by atoms with Gasteiger partial charge in [0.1, 0.15) is 0 Å². The van der Waals surface area contributed by atoms with Crippen molar-refractivity contribution in [1.29, 1.82) is 0 Å². The Balaban J connectivity index is 2.28. The minimum Gasteiger partial charge on any atom is -0.358 e. The second kappa shape index (κ2) is 6.17. The third-order valence-electron chi connectivity index (χ3n) is 3.23. The van der Waals surface area contributed by atoms with Gasteiger partial charge in [0.2, 0.25) is 5.15 Å². The van der Waals surface area contributed by atoms with Gasteiger partial charge in [-0.3, -0.25) is 19.8 Å². The quantitative estimate of drug-likeness (QED) is 0.309. The molecule has 0 spiro atoms. The maximum Gasteiger partial charge on any atom is 0.393 e. The summed E-state index contributed by atoms with van der Waals surface area (Å²) in [7, 11) is 0. The van der Waals surface area contributed by atoms with Crippen LogP contribution in [-0.4, -0.2) is 25.5 Å². The number of amides is 1. The summed E-state index contributed by atoms with van der Waals surface area (Å²) in [6.07, 6.45) is 0. The molecule has 0 radical (unpaired) electrons. The first kappa shape index (κ1) is 16.3. The first-order valence-corrected chi connectivity index (χ1v) is 7.12. The highest BCUT2D eigenvalue weighted by Crippen LogP contribution is 2.23. The van der Waals surface area contributed by atoms with Crippen molar-refractivity contribution >= 4 is 34.4 Å². The molecule has 2 aromatic heterocycles. The van der Waals surface area contributed by atoms with E-state index >= 15 is 0 Å². The van der Waals surface area contributed by atoms with Crippen LogP contribution in [-0.2, 0) is 0 Å². The van der Waals surface area contributed by atoms with Crippen molar-refractivity contribution in [3.05, 3.63) is 77.9 Å². The second-order valence-corrected chi connectivity index (χ2v) is 5.21. The molecule has 0 atom stereocenters. The van der Waals surface area contributed by atoms with Crippen LogP contribution in [0.5, 0.6) is 0 Å². The Bertz CT molecular complexity index is 1120. The lowest BCUT2D eigenvalue weighted by atomic mass is 10.2. The van der Waals surface area contributed by atoms with E-state index in [2.05, 4.69) is 15.4 Å². The number of hydrogen-bond acceptors (Lipinski definition) is 6. The van der Waals surface area contributed by atoms with E-state index in [0.717, 1.165) is 6.07 Å². The summed E-state index contributed by atoms with van der Waals surface area (Å²) in [6, 6.07) is 8.95. The highest BCUT2D eigenvalue weighted by molar-refractivity contribution is 6.30. The van der Waals surface area contributed by atoms with Crippen LogP contribution in [0, 0.1) is 10.1 Å². The van der Waals surface area contributed by atoms with Crippen LogP contribution in [0.4, 0.5) is 5.82 Å². The number of hydrogen-bond donors (Lipinski definition) is 2. The average Bonchev–Trinajstić information content (AvgIpc) is 2.58. The van der Waals surface area contributed by atoms with Gasteiger partial charge in [0, 0.05) is 11.6 Å². The number of halogens is 1. The van der Waals surface area contributed by atoms with Gasteiger partial charge in [-0.05, 0) is 33.6 Å². The monoisotopic (exact) mass is 361 g/mol. The Morgan fingerprint density at radius 2 is 1.96 bits per heavy atom. The van der Waals surface area contributed by atoms with E-state index in [1.807, 2.05) is 0 Å². The highest BCUT2D eigenvalue weighted by atomic mass is 35.5. The SMILES string of the molecule is O=C(Nn1c(=O)c(=O)[nH]c2cc(Cl)nc([N+](=O)[O-])c21)c1ccccc1. The van der Waals surface area contributed by atoms with E-state index in [9.17, 15) is 24.5 Å². The van der Waals surface area contributed by atoms with Gasteiger partial charge < -0.3 is 15.1 Å². The summed E-state index contributed by atoms with van der Waals surface area (Å²) < 4.78 is 0.491. The molecule has 1 amide bonds. The lowest BCUT2D eigenvalue weighted by Gasteiger charge is -2.11. The largest absolute Gasteiger partial charge is 0.393 e. The van der Waals surface area contributed by atoms with E-state index in [4.69, 9.17) is 11.6 Å². The third kappa shape index (κ3) is 2.97. The van der Waals surface area contributed by atoms with Crippen molar-refractivity contribution in [2.24, 2.45) is 0 Å². The molecule has 126 valence electrons. The molecule has 0 unspecified atom stereocenters. The zero-order valence-electron chi connectivity index (χ0n) is 12.2. The summed E-state index contributed by atoms with van der Waals surface area (Å²) >= 11 is 5.70. The number of nitrogens with one attached hydrogen (secondary N) is 2. The van der Waals surface area contributed by atoms with Crippen molar-refractivity contribution in [3.8, 4) is 0 Å². The fraction of sp³-hybridized carbons (Fsp3) is 0. The normalized spacial score (nSPS) is 10.6. The number of benzene rings is 1. The van der Waals surface area contributed by atoms with Gasteiger partial charge in [-0.15, -0.1) is 0 Å². The number of nitro groups is 1. The van der Waals surface area contributed by atoms with Crippen LogP contribution < -0.4 is 16.5 Å². The van der Waals surface area contributed by atoms with Crippen molar-refractivity contribution in [3.63, 3.8) is 0 Å². The minimum atomic E-state index is -1.20. The maximum absolute atomic E-state index is 12.3. The van der Waals surface area contributed by atoms with E-state index in [0.29, 0.717) is 4.68 Å². The first-order chi connectivity index (χ1) is 11.9. The molecule has 10 nitrogen and oxygen atoms in total. The summed E-state index contributed by atoms with van der Waals surface area (Å²) in [5, 5.41) is 11.0. The Kier molecular flexibility index (Phi) is 4.03. The van der Waals surface area contributed by atoms with Crippen molar-refractivity contribution in [2.45, 2.75) is 0 Å². The molecule has 0 aliphatic carbocycles. The molecule has 2 N–H and O–H groups in total. The molecule has 2 heterocycles. The average molecular weight is 362 g/mol. The van der Waals surface area contributed by atoms with Gasteiger partial charge in [-0.1, -0.05) is 18.2 Å². The molecule has 0 fully saturated rings. The number of rotatable bonds is 3. The van der Waals surface area contributed by atoms with E-state index < -0.39 is 27.8 Å². The first-order valence-electron chi connectivity index (χ1n) is 6.75. The fourth-order valence-electron chi connectivity index (χ4n) is 2.18. The van der Waals surface area contributed by atoms with E-state index in [1.54, 1.807) is 18.2 Å². The van der Waals surface area contributed by atoms with Crippen molar-refractivity contribution < 1.29 is 9.72 Å². The number of H-pyrrole nitrogens is 1. The Morgan fingerprint density at radius 3 is 2.60 bits per heavy atom. The predicted molar refractivity (Wildman–Crippen MR) is 88.4 cm³/mol. The van der Waals surface area contributed by atoms with Crippen molar-refractivity contribution in [1.82, 2.24) is 14.6 Å². The molecule has 3 aromatic rings. The summed E-state index contributed by atoms with van der Waals surface area (Å²) in [4.78, 5) is 52.3. The summed E-state index contributed by atoms with van der Waals surface area (Å²) in [5.74, 6) is -1.52. The van der Waals surface area contributed by atoms with Gasteiger partial charge in [0.05, 0.1) is 5.52 Å². The molecule has 0 aliphatic rings. The van der Waals surface area contributed by atoms with Gasteiger partial charge in [-0.25, -0.2) is 4.68 Å². The molecule has 0 aliphatic heterocycles. The Labute approximate surface area is 142 Å². The van der Waals surface area contributed by atoms with Crippen molar-refractivity contribution in [2.75, 3.05) is 5.43 Å². The Morgan fingerprint density at radius 1 is 1.28 bits per heavy atom. The van der Waals surface area contributed by atoms with Crippen LogP contribution in [0.1, 0.15) is 10.4 Å². The molecule has 25 heavy (non-hydrogen) atoms. The van der Waals surface area contributed by atoms with Crippen LogP contribution in [0.2, 0.25) is 5.15 Å². The lowest BCUT2D eigenvalue weighted by Crippen LogP contribution is -2.42. The van der Waals surface area contributed by atoms with Crippen LogP contribution in [0.3, 0.4) is 0 Å². The van der Waals surface area contributed by atoms with Crippen LogP contribution in [0.25, 0.3) is 11.0 Å². The zero-order valence-corrected chi connectivity index (χ0v) is 13.0. The smallest absolute Gasteiger partial charge is 0.358 e. The predicted octanol–water partition coefficient (Wildman–Crippen LogP) is 1.03. The van der Waals surface area contributed by atoms with Gasteiger partial charge in [-0.2, -0.15) is 0 Å². The zero-order chi connectivity index (χ0) is 18.1. The topological polar surface area (TPSA) is 140 Å². The maximum atomic E-state index is 12.3. The number of carbonyl (C=O) groups excluding carboxylic acids is 1. The molecule has 3 rings (SSSR count). The number of nitrogens with zero attached hydrogens (tertiary/aromatic N) is 3. The van der Waals surface area contributed by atoms with Gasteiger partial charge in [0.15, 0.2) is 5.52 Å². The molecule has 1 aromatic carbocycles. The molecule has 0 saturated heterocycles. The highest BCUT2D eigenvalue weighted by Gasteiger charge is 2.23. The van der Waals surface area contributed by atoms with E-state index in [1.165, 1.54) is 12.1 Å². The number of fused-ring (bicyclic) bond motifs is 1. The molecule has 0 saturated carbocycles. The summed E-state index contributed by atoms with van der Waals surface area (Å²) in [5.41, 5.74) is -0.427. The number of pyridine rings is 1. The second-order valence-electron chi connectivity index (χ2n) is 4.82. The molecular weight excluding hydrogens is 354 g/mol. The standard InChI is InChI=1S/C14H8ClN5O5/c15-9-6-8-10(11(17-9)20(24)25)19(14(23)13(22)16-8)18-12(21)7-4-2-1-3-5-7/h1-6H,(H,16,22)(H,18,21). The molecule has 0 bridgehead atoms. The number of aromatic nitrogens is 3. The third-order valence-corrected chi connectivity index (χ3v) is 3.43. The molecular formula is C14H8ClN5O5. The molecule has 11 heteroatoms. The van der Waals surface area contributed by atoms with Gasteiger partial charge in [0.25, 0.3) is 5.91 Å².